The monoisotopic (exact) mass is 221 g/mol. The van der Waals surface area contributed by atoms with Crippen LogP contribution in [0.4, 0.5) is 4.79 Å². The van der Waals surface area contributed by atoms with Crippen LogP contribution >= 0.6 is 0 Å². The van der Waals surface area contributed by atoms with Crippen LogP contribution in [0, 0.1) is 0 Å². The predicted octanol–water partition coefficient (Wildman–Crippen LogP) is -1.63. The largest absolute Gasteiger partial charge is 0.483 e. The van der Waals surface area contributed by atoms with Crippen molar-refractivity contribution < 1.29 is 24.6 Å². The van der Waals surface area contributed by atoms with Crippen molar-refractivity contribution in [3.8, 4) is 0 Å². The number of carboxylic acid groups (broad SMARTS) is 2. The molecule has 0 aromatic carbocycles. The summed E-state index contributed by atoms with van der Waals surface area (Å²) in [4.78, 5) is 28.8. The van der Waals surface area contributed by atoms with Crippen molar-refractivity contribution in [1.82, 2.24) is 10.2 Å². The summed E-state index contributed by atoms with van der Waals surface area (Å²) in [6, 6.07) is -0.309. The highest BCUT2D eigenvalue weighted by Crippen LogP contribution is 1.89. The number of urea groups is 1. The van der Waals surface area contributed by atoms with Crippen molar-refractivity contribution in [2.75, 3.05) is 26.2 Å². The molecule has 5 N–H and O–H groups in total. The van der Waals surface area contributed by atoms with Gasteiger partial charge in [0.2, 0.25) is 0 Å². The molecule has 0 atom stereocenters. The number of carbonyl (C=O) groups excluding carboxylic acids is 1. The predicted molar refractivity (Wildman–Crippen MR) is 51.4 cm³/mol. The molecule has 0 saturated carbocycles. The van der Waals surface area contributed by atoms with E-state index in [2.05, 4.69) is 5.32 Å². The minimum Gasteiger partial charge on any atom is -0.483 e. The molecule has 0 aromatic rings. The minimum atomic E-state index is -0.309. The minimum absolute atomic E-state index is 0.250. The first-order chi connectivity index (χ1) is 7.13. The Morgan fingerprint density at radius 1 is 1.20 bits per heavy atom. The van der Waals surface area contributed by atoms with Gasteiger partial charge in [-0.05, 0) is 0 Å². The third-order valence-electron chi connectivity index (χ3n) is 1.43. The third-order valence-corrected chi connectivity index (χ3v) is 1.43. The van der Waals surface area contributed by atoms with Crippen molar-refractivity contribution in [2.24, 2.45) is 5.73 Å². The lowest BCUT2D eigenvalue weighted by Crippen LogP contribution is -2.48. The van der Waals surface area contributed by atoms with E-state index >= 15 is 0 Å². The number of nitrogens with one attached hydrogen (secondary N) is 1. The maximum atomic E-state index is 10.5. The zero-order chi connectivity index (χ0) is 12.1. The second kappa shape index (κ2) is 12.2. The van der Waals surface area contributed by atoms with Crippen molar-refractivity contribution in [1.29, 1.82) is 0 Å². The lowest BCUT2D eigenvalue weighted by Gasteiger charge is -2.25. The molecule has 0 bridgehead atoms. The number of amides is 2. The van der Waals surface area contributed by atoms with Gasteiger partial charge in [0.05, 0.1) is 0 Å². The zero-order valence-electron chi connectivity index (χ0n) is 8.13. The molecule has 0 aliphatic carbocycles. The van der Waals surface area contributed by atoms with Crippen molar-refractivity contribution >= 4 is 19.0 Å². The average Bonchev–Trinajstić information content (AvgIpc) is 2.21. The third kappa shape index (κ3) is 12.2. The molecule has 1 heterocycles. The molecule has 0 spiro atoms. The Balaban J connectivity index is 0. The van der Waals surface area contributed by atoms with Crippen LogP contribution in [0.25, 0.3) is 0 Å². The molecule has 0 radical (unpaired) electrons. The van der Waals surface area contributed by atoms with Gasteiger partial charge in [-0.25, -0.2) is 4.79 Å². The Morgan fingerprint density at radius 2 is 1.53 bits per heavy atom. The maximum absolute atomic E-state index is 10.5. The summed E-state index contributed by atoms with van der Waals surface area (Å²) in [6.45, 7) is 2.72. The van der Waals surface area contributed by atoms with E-state index < -0.39 is 0 Å². The molecule has 1 saturated heterocycles. The summed E-state index contributed by atoms with van der Waals surface area (Å²) in [6.07, 6.45) is 0. The normalized spacial score (nSPS) is 13.5. The highest BCUT2D eigenvalue weighted by molar-refractivity contribution is 5.72. The number of rotatable bonds is 0. The van der Waals surface area contributed by atoms with Gasteiger partial charge in [0.15, 0.2) is 0 Å². The standard InChI is InChI=1S/C5H11N3O.2CH2O2/c6-5(9)8-3-1-7-2-4-8;2*2-1-3/h7H,1-4H2,(H2,6,9);2*1H,(H,2,3). The molecule has 8 nitrogen and oxygen atoms in total. The lowest BCUT2D eigenvalue weighted by molar-refractivity contribution is -0.123. The highest BCUT2D eigenvalue weighted by atomic mass is 16.3. The SMILES string of the molecule is NC(=O)N1CCNCC1.O=CO.O=CO. The topological polar surface area (TPSA) is 133 Å². The van der Waals surface area contributed by atoms with Gasteiger partial charge >= 0.3 is 6.03 Å². The zero-order valence-corrected chi connectivity index (χ0v) is 8.13. The van der Waals surface area contributed by atoms with E-state index in [1.54, 1.807) is 4.90 Å². The van der Waals surface area contributed by atoms with Gasteiger partial charge in [-0.1, -0.05) is 0 Å². The average molecular weight is 221 g/mol. The van der Waals surface area contributed by atoms with Crippen LogP contribution in [0.3, 0.4) is 0 Å². The molecule has 1 fully saturated rings. The van der Waals surface area contributed by atoms with Crippen molar-refractivity contribution in [3.63, 3.8) is 0 Å². The smallest absolute Gasteiger partial charge is 0.314 e. The maximum Gasteiger partial charge on any atom is 0.314 e. The van der Waals surface area contributed by atoms with E-state index in [1.165, 1.54) is 0 Å². The number of carbonyl (C=O) groups is 3. The van der Waals surface area contributed by atoms with Crippen LogP contribution in [-0.4, -0.2) is 60.3 Å². The molecule has 8 heteroatoms. The highest BCUT2D eigenvalue weighted by Gasteiger charge is 2.11. The summed E-state index contributed by atoms with van der Waals surface area (Å²) in [5.74, 6) is 0. The van der Waals surface area contributed by atoms with Crippen LogP contribution in [0.1, 0.15) is 0 Å². The van der Waals surface area contributed by atoms with Gasteiger partial charge in [-0.3, -0.25) is 9.59 Å². The molecule has 1 rings (SSSR count). The number of primary amides is 1. The second-order valence-corrected chi connectivity index (χ2v) is 2.29. The van der Waals surface area contributed by atoms with E-state index in [1.807, 2.05) is 0 Å². The van der Waals surface area contributed by atoms with Crippen LogP contribution in [0.15, 0.2) is 0 Å². The first-order valence-electron chi connectivity index (χ1n) is 4.04. The number of nitrogens with two attached hydrogens (primary N) is 1. The van der Waals surface area contributed by atoms with Crippen LogP contribution in [-0.2, 0) is 9.59 Å². The van der Waals surface area contributed by atoms with Gasteiger partial charge in [-0.15, -0.1) is 0 Å². The molecular weight excluding hydrogens is 206 g/mol. The molecule has 2 amide bonds. The number of hydrogen-bond acceptors (Lipinski definition) is 4. The van der Waals surface area contributed by atoms with E-state index in [0.29, 0.717) is 0 Å². The lowest BCUT2D eigenvalue weighted by atomic mass is 10.4. The quantitative estimate of drug-likeness (QED) is 0.363. The van der Waals surface area contributed by atoms with Gasteiger partial charge in [0.25, 0.3) is 12.9 Å². The molecule has 1 aliphatic heterocycles. The fourth-order valence-electron chi connectivity index (χ4n) is 0.885. The van der Waals surface area contributed by atoms with Gasteiger partial charge in [0, 0.05) is 26.2 Å². The Bertz CT molecular complexity index is 175. The Morgan fingerprint density at radius 3 is 1.73 bits per heavy atom. The van der Waals surface area contributed by atoms with Crippen molar-refractivity contribution in [2.45, 2.75) is 0 Å². The first-order valence-corrected chi connectivity index (χ1v) is 4.04. The fraction of sp³-hybridized carbons (Fsp3) is 0.571. The fourth-order valence-corrected chi connectivity index (χ4v) is 0.885. The van der Waals surface area contributed by atoms with Crippen LogP contribution in [0.5, 0.6) is 0 Å². The summed E-state index contributed by atoms with van der Waals surface area (Å²) < 4.78 is 0. The molecule has 0 aromatic heterocycles. The number of piperazine rings is 1. The van der Waals surface area contributed by atoms with E-state index in [4.69, 9.17) is 25.5 Å². The summed E-state index contributed by atoms with van der Waals surface area (Å²) in [5.41, 5.74) is 5.03. The molecule has 0 unspecified atom stereocenters. The van der Waals surface area contributed by atoms with Crippen LogP contribution < -0.4 is 11.1 Å². The Labute approximate surface area is 86.7 Å². The number of nitrogens with zero attached hydrogens (tertiary/aromatic N) is 1. The second-order valence-electron chi connectivity index (χ2n) is 2.29. The molecule has 15 heavy (non-hydrogen) atoms. The Kier molecular flexibility index (Phi) is 12.7. The van der Waals surface area contributed by atoms with Gasteiger partial charge < -0.3 is 26.2 Å². The molecule has 88 valence electrons. The summed E-state index contributed by atoms with van der Waals surface area (Å²) in [7, 11) is 0. The van der Waals surface area contributed by atoms with Crippen LogP contribution in [0.2, 0.25) is 0 Å². The number of hydrogen-bond donors (Lipinski definition) is 4. The van der Waals surface area contributed by atoms with E-state index in [-0.39, 0.29) is 19.0 Å². The van der Waals surface area contributed by atoms with E-state index in [0.717, 1.165) is 26.2 Å². The molecular formula is C7H15N3O5. The van der Waals surface area contributed by atoms with Crippen molar-refractivity contribution in [3.05, 3.63) is 0 Å². The summed E-state index contributed by atoms with van der Waals surface area (Å²) in [5, 5.41) is 16.9. The van der Waals surface area contributed by atoms with Gasteiger partial charge in [-0.2, -0.15) is 0 Å². The van der Waals surface area contributed by atoms with Gasteiger partial charge in [0.1, 0.15) is 0 Å². The summed E-state index contributed by atoms with van der Waals surface area (Å²) >= 11 is 0. The Hall–Kier alpha value is -1.83. The molecule has 1 aliphatic rings. The first kappa shape index (κ1) is 15.6. The van der Waals surface area contributed by atoms with E-state index in [9.17, 15) is 4.79 Å².